The topological polar surface area (TPSA) is 49.3 Å². The molecule has 8 heteroatoms. The second-order valence-electron chi connectivity index (χ2n) is 5.64. The summed E-state index contributed by atoms with van der Waals surface area (Å²) in [5.74, 6) is -0.590. The second-order valence-corrected chi connectivity index (χ2v) is 6.58. The van der Waals surface area contributed by atoms with Crippen molar-refractivity contribution in [2.45, 2.75) is 32.7 Å². The Bertz CT molecular complexity index is 704. The van der Waals surface area contributed by atoms with Crippen LogP contribution in [0.1, 0.15) is 36.0 Å². The summed E-state index contributed by atoms with van der Waals surface area (Å²) >= 11 is 1.61. The average molecular weight is 480 g/mol. The molecule has 1 heterocycles. The van der Waals surface area contributed by atoms with Crippen LogP contribution in [0.15, 0.2) is 28.6 Å². The van der Waals surface area contributed by atoms with Crippen LogP contribution < -0.4 is 10.6 Å². The number of aromatic nitrogens is 1. The van der Waals surface area contributed by atoms with E-state index in [9.17, 15) is 8.78 Å². The van der Waals surface area contributed by atoms with Gasteiger partial charge in [0, 0.05) is 19.0 Å². The number of aliphatic imine (C=N–C) groups is 1. The lowest BCUT2D eigenvalue weighted by atomic mass is 10.1. The van der Waals surface area contributed by atoms with Gasteiger partial charge in [0.05, 0.1) is 12.2 Å². The molecule has 0 aliphatic rings. The van der Waals surface area contributed by atoms with Crippen LogP contribution in [0.2, 0.25) is 0 Å². The van der Waals surface area contributed by atoms with Crippen LogP contribution in [0.5, 0.6) is 0 Å². The van der Waals surface area contributed by atoms with E-state index in [2.05, 4.69) is 39.8 Å². The van der Waals surface area contributed by atoms with Crippen LogP contribution in [0.3, 0.4) is 0 Å². The summed E-state index contributed by atoms with van der Waals surface area (Å²) in [6, 6.07) is 4.21. The molecule has 0 atom stereocenters. The highest BCUT2D eigenvalue weighted by Crippen LogP contribution is 2.17. The fourth-order valence-corrected chi connectivity index (χ4v) is 3.00. The van der Waals surface area contributed by atoms with Crippen LogP contribution in [-0.2, 0) is 13.0 Å². The molecule has 0 unspecified atom stereocenters. The van der Waals surface area contributed by atoms with E-state index in [-0.39, 0.29) is 24.0 Å². The third kappa shape index (κ3) is 6.50. The second kappa shape index (κ2) is 10.6. The van der Waals surface area contributed by atoms with Crippen molar-refractivity contribution >= 4 is 41.3 Å². The van der Waals surface area contributed by atoms with Crippen molar-refractivity contribution in [3.63, 3.8) is 0 Å². The smallest absolute Gasteiger partial charge is 0.191 e. The number of nitrogens with zero attached hydrogens (tertiary/aromatic N) is 2. The van der Waals surface area contributed by atoms with Crippen LogP contribution in [0.4, 0.5) is 8.78 Å². The van der Waals surface area contributed by atoms with Gasteiger partial charge in [-0.15, -0.1) is 35.3 Å². The number of hydrogen-bond donors (Lipinski definition) is 2. The van der Waals surface area contributed by atoms with Gasteiger partial charge in [-0.25, -0.2) is 13.8 Å². The number of hydrogen-bond acceptors (Lipinski definition) is 3. The first-order valence-corrected chi connectivity index (χ1v) is 8.71. The van der Waals surface area contributed by atoms with E-state index in [0.29, 0.717) is 37.0 Å². The highest BCUT2D eigenvalue weighted by atomic mass is 127. The molecule has 0 aliphatic carbocycles. The molecule has 0 saturated heterocycles. The molecule has 0 spiro atoms. The molecular weight excluding hydrogens is 457 g/mol. The van der Waals surface area contributed by atoms with Gasteiger partial charge in [0.25, 0.3) is 0 Å². The van der Waals surface area contributed by atoms with Gasteiger partial charge in [0.2, 0.25) is 0 Å². The summed E-state index contributed by atoms with van der Waals surface area (Å²) in [4.78, 5) is 8.67. The van der Waals surface area contributed by atoms with Gasteiger partial charge < -0.3 is 10.6 Å². The Morgan fingerprint density at radius 1 is 1.28 bits per heavy atom. The SMILES string of the molecule is CN=C(NCCc1cccc(F)c1F)NCc1nc(C(C)C)cs1.I. The predicted octanol–water partition coefficient (Wildman–Crippen LogP) is 4.07. The molecule has 2 rings (SSSR count). The van der Waals surface area contributed by atoms with Crippen molar-refractivity contribution in [2.75, 3.05) is 13.6 Å². The zero-order valence-corrected chi connectivity index (χ0v) is 17.6. The maximum absolute atomic E-state index is 13.6. The Hall–Kier alpha value is -1.29. The molecule has 0 fully saturated rings. The largest absolute Gasteiger partial charge is 0.356 e. The Labute approximate surface area is 168 Å². The third-order valence-electron chi connectivity index (χ3n) is 3.51. The lowest BCUT2D eigenvalue weighted by Crippen LogP contribution is -2.37. The number of rotatable bonds is 6. The van der Waals surface area contributed by atoms with E-state index < -0.39 is 11.6 Å². The van der Waals surface area contributed by atoms with Gasteiger partial charge in [-0.1, -0.05) is 26.0 Å². The molecule has 1 aromatic carbocycles. The lowest BCUT2D eigenvalue weighted by molar-refractivity contribution is 0.498. The first-order valence-electron chi connectivity index (χ1n) is 7.83. The van der Waals surface area contributed by atoms with Crippen LogP contribution >= 0.6 is 35.3 Å². The van der Waals surface area contributed by atoms with Crippen molar-refractivity contribution in [1.29, 1.82) is 0 Å². The number of thiazole rings is 1. The first kappa shape index (κ1) is 21.8. The van der Waals surface area contributed by atoms with Crippen LogP contribution in [0.25, 0.3) is 0 Å². The van der Waals surface area contributed by atoms with Gasteiger partial charge in [0.1, 0.15) is 5.01 Å². The van der Waals surface area contributed by atoms with E-state index in [1.54, 1.807) is 24.5 Å². The van der Waals surface area contributed by atoms with Gasteiger partial charge >= 0.3 is 0 Å². The van der Waals surface area contributed by atoms with Crippen LogP contribution in [0, 0.1) is 11.6 Å². The summed E-state index contributed by atoms with van der Waals surface area (Å²) in [7, 11) is 1.67. The molecule has 25 heavy (non-hydrogen) atoms. The Kier molecular flexibility index (Phi) is 9.26. The molecule has 2 aromatic rings. The Morgan fingerprint density at radius 3 is 2.68 bits per heavy atom. The first-order chi connectivity index (χ1) is 11.5. The summed E-state index contributed by atoms with van der Waals surface area (Å²) in [6.07, 6.45) is 0.374. The van der Waals surface area contributed by atoms with Crippen molar-refractivity contribution in [1.82, 2.24) is 15.6 Å². The molecule has 0 bridgehead atoms. The predicted molar refractivity (Wildman–Crippen MR) is 110 cm³/mol. The molecule has 138 valence electrons. The maximum Gasteiger partial charge on any atom is 0.191 e. The van der Waals surface area contributed by atoms with E-state index >= 15 is 0 Å². The normalized spacial score (nSPS) is 11.4. The average Bonchev–Trinajstić information content (AvgIpc) is 3.04. The van der Waals surface area contributed by atoms with Crippen molar-refractivity contribution in [3.8, 4) is 0 Å². The minimum Gasteiger partial charge on any atom is -0.356 e. The molecular formula is C17H23F2IN4S. The molecule has 1 aromatic heterocycles. The summed E-state index contributed by atoms with van der Waals surface area (Å²) in [5.41, 5.74) is 1.43. The number of halogens is 3. The van der Waals surface area contributed by atoms with E-state index in [4.69, 9.17) is 0 Å². The number of guanidine groups is 1. The quantitative estimate of drug-likeness (QED) is 0.373. The van der Waals surface area contributed by atoms with E-state index in [1.807, 2.05) is 0 Å². The van der Waals surface area contributed by atoms with Gasteiger partial charge in [-0.2, -0.15) is 0 Å². The standard InChI is InChI=1S/C17H22F2N4S.HI/c1-11(2)14-10-24-15(23-14)9-22-17(20-3)21-8-7-12-5-4-6-13(18)16(12)19;/h4-6,10-11H,7-9H2,1-3H3,(H2,20,21,22);1H. The fourth-order valence-electron chi connectivity index (χ4n) is 2.11. The molecule has 0 radical (unpaired) electrons. The monoisotopic (exact) mass is 480 g/mol. The molecule has 4 nitrogen and oxygen atoms in total. The third-order valence-corrected chi connectivity index (χ3v) is 4.38. The van der Waals surface area contributed by atoms with Gasteiger partial charge in [0.15, 0.2) is 17.6 Å². The molecule has 0 aliphatic heterocycles. The molecule has 2 N–H and O–H groups in total. The fraction of sp³-hybridized carbons (Fsp3) is 0.412. The molecule has 0 amide bonds. The van der Waals surface area contributed by atoms with Crippen molar-refractivity contribution in [3.05, 3.63) is 51.5 Å². The van der Waals surface area contributed by atoms with Crippen molar-refractivity contribution < 1.29 is 8.78 Å². The Balaban J connectivity index is 0.00000312. The molecule has 0 saturated carbocycles. The number of nitrogens with one attached hydrogen (secondary N) is 2. The number of benzene rings is 1. The van der Waals surface area contributed by atoms with Gasteiger partial charge in [-0.05, 0) is 24.0 Å². The lowest BCUT2D eigenvalue weighted by Gasteiger charge is -2.11. The van der Waals surface area contributed by atoms with Gasteiger partial charge in [-0.3, -0.25) is 4.99 Å². The van der Waals surface area contributed by atoms with Crippen molar-refractivity contribution in [2.24, 2.45) is 4.99 Å². The summed E-state index contributed by atoms with van der Waals surface area (Å²) < 4.78 is 26.8. The van der Waals surface area contributed by atoms with Crippen LogP contribution in [-0.4, -0.2) is 24.5 Å². The zero-order chi connectivity index (χ0) is 17.5. The maximum atomic E-state index is 13.6. The summed E-state index contributed by atoms with van der Waals surface area (Å²) in [5, 5.41) is 9.30. The van der Waals surface area contributed by atoms with E-state index in [0.717, 1.165) is 16.8 Å². The Morgan fingerprint density at radius 2 is 2.04 bits per heavy atom. The highest BCUT2D eigenvalue weighted by Gasteiger charge is 2.08. The highest BCUT2D eigenvalue weighted by molar-refractivity contribution is 14.0. The zero-order valence-electron chi connectivity index (χ0n) is 14.5. The minimum atomic E-state index is -0.820. The summed E-state index contributed by atoms with van der Waals surface area (Å²) in [6.45, 7) is 5.25. The minimum absolute atomic E-state index is 0. The van der Waals surface area contributed by atoms with E-state index in [1.165, 1.54) is 6.07 Å².